The zero-order chi connectivity index (χ0) is 16.7. The number of aryl methyl sites for hydroxylation is 1. The number of benzene rings is 1. The van der Waals surface area contributed by atoms with E-state index in [2.05, 4.69) is 57.7 Å². The fourth-order valence-corrected chi connectivity index (χ4v) is 3.55. The van der Waals surface area contributed by atoms with Gasteiger partial charge in [0, 0.05) is 24.2 Å². The molecular formula is C19H30BNO2. The van der Waals surface area contributed by atoms with Gasteiger partial charge in [0.2, 0.25) is 0 Å². The van der Waals surface area contributed by atoms with Crippen molar-refractivity contribution in [3.05, 3.63) is 23.8 Å². The molecule has 0 unspecified atom stereocenters. The van der Waals surface area contributed by atoms with E-state index >= 15 is 0 Å². The van der Waals surface area contributed by atoms with Crippen LogP contribution in [0.5, 0.6) is 0 Å². The first-order chi connectivity index (χ1) is 10.9. The minimum absolute atomic E-state index is 0.270. The summed E-state index contributed by atoms with van der Waals surface area (Å²) in [4.78, 5) is 2.52. The molecular weight excluding hydrogens is 285 g/mol. The van der Waals surface area contributed by atoms with E-state index in [-0.39, 0.29) is 18.3 Å². The zero-order valence-corrected chi connectivity index (χ0v) is 15.3. The van der Waals surface area contributed by atoms with Crippen molar-refractivity contribution >= 4 is 18.3 Å². The minimum atomic E-state index is -0.294. The molecule has 3 rings (SSSR count). The predicted molar refractivity (Wildman–Crippen MR) is 97.6 cm³/mol. The van der Waals surface area contributed by atoms with Gasteiger partial charge in [-0.15, -0.1) is 0 Å². The number of nitrogens with zero attached hydrogens (tertiary/aromatic N) is 1. The molecule has 0 saturated carbocycles. The van der Waals surface area contributed by atoms with E-state index in [1.54, 1.807) is 0 Å². The van der Waals surface area contributed by atoms with Crippen molar-refractivity contribution in [2.75, 3.05) is 18.0 Å². The fourth-order valence-electron chi connectivity index (χ4n) is 3.55. The molecule has 0 bridgehead atoms. The van der Waals surface area contributed by atoms with Crippen LogP contribution in [-0.4, -0.2) is 31.4 Å². The van der Waals surface area contributed by atoms with E-state index in [4.69, 9.17) is 9.31 Å². The molecule has 1 aromatic carbocycles. The van der Waals surface area contributed by atoms with Gasteiger partial charge >= 0.3 is 7.12 Å². The van der Waals surface area contributed by atoms with Gasteiger partial charge in [0.1, 0.15) is 0 Å². The molecule has 2 fully saturated rings. The highest BCUT2D eigenvalue weighted by Crippen LogP contribution is 2.37. The Morgan fingerprint density at radius 1 is 1.00 bits per heavy atom. The Kier molecular flexibility index (Phi) is 4.50. The zero-order valence-electron chi connectivity index (χ0n) is 15.3. The highest BCUT2D eigenvalue weighted by molar-refractivity contribution is 6.64. The maximum atomic E-state index is 6.38. The lowest BCUT2D eigenvalue weighted by molar-refractivity contribution is 0.00578. The normalized spacial score (nSPS) is 23.3. The summed E-state index contributed by atoms with van der Waals surface area (Å²) in [5.41, 5.74) is 3.31. The largest absolute Gasteiger partial charge is 0.497 e. The molecule has 2 saturated heterocycles. The van der Waals surface area contributed by atoms with Gasteiger partial charge in [-0.2, -0.15) is 0 Å². The van der Waals surface area contributed by atoms with Crippen molar-refractivity contribution in [1.82, 2.24) is 0 Å². The van der Waals surface area contributed by atoms with Crippen LogP contribution in [0.3, 0.4) is 0 Å². The minimum Gasteiger partial charge on any atom is -0.399 e. The number of rotatable bonds is 3. The standard InChI is InChI=1S/C19H30BNO2/c1-6-15-11-10-12-16(21-13-8-7-9-14-21)17(15)20-22-18(2,3)19(4,5)23-20/h10-12H,6-9,13-14H2,1-5H3. The smallest absolute Gasteiger partial charge is 0.399 e. The Labute approximate surface area is 141 Å². The highest BCUT2D eigenvalue weighted by Gasteiger charge is 2.52. The molecule has 23 heavy (non-hydrogen) atoms. The van der Waals surface area contributed by atoms with Crippen molar-refractivity contribution < 1.29 is 9.31 Å². The van der Waals surface area contributed by atoms with Gasteiger partial charge in [-0.25, -0.2) is 0 Å². The first-order valence-electron chi connectivity index (χ1n) is 9.08. The van der Waals surface area contributed by atoms with Crippen molar-refractivity contribution in [2.24, 2.45) is 0 Å². The summed E-state index contributed by atoms with van der Waals surface area (Å²) in [5.74, 6) is 0. The third-order valence-electron chi connectivity index (χ3n) is 5.74. The molecule has 0 N–H and O–H groups in total. The van der Waals surface area contributed by atoms with Crippen molar-refractivity contribution in [3.63, 3.8) is 0 Å². The van der Waals surface area contributed by atoms with E-state index in [9.17, 15) is 0 Å². The van der Waals surface area contributed by atoms with Gasteiger partial charge in [0.15, 0.2) is 0 Å². The quantitative estimate of drug-likeness (QED) is 0.797. The molecule has 126 valence electrons. The number of anilines is 1. The van der Waals surface area contributed by atoms with Crippen molar-refractivity contribution in [1.29, 1.82) is 0 Å². The second-order valence-corrected chi connectivity index (χ2v) is 7.84. The van der Waals surface area contributed by atoms with Gasteiger partial charge in [0.25, 0.3) is 0 Å². The van der Waals surface area contributed by atoms with Crippen LogP contribution in [0.1, 0.15) is 59.4 Å². The Morgan fingerprint density at radius 3 is 2.17 bits per heavy atom. The van der Waals surface area contributed by atoms with Crippen LogP contribution in [0.15, 0.2) is 18.2 Å². The second kappa shape index (κ2) is 6.14. The van der Waals surface area contributed by atoms with Gasteiger partial charge in [-0.3, -0.25) is 0 Å². The summed E-state index contributed by atoms with van der Waals surface area (Å²) in [5, 5.41) is 0. The van der Waals surface area contributed by atoms with E-state index in [0.29, 0.717) is 0 Å². The van der Waals surface area contributed by atoms with Crippen LogP contribution in [0.2, 0.25) is 0 Å². The summed E-state index contributed by atoms with van der Waals surface area (Å²) in [7, 11) is -0.270. The molecule has 3 nitrogen and oxygen atoms in total. The highest BCUT2D eigenvalue weighted by atomic mass is 16.7. The Bertz CT molecular complexity index is 548. The van der Waals surface area contributed by atoms with Gasteiger partial charge in [0.05, 0.1) is 11.2 Å². The molecule has 0 radical (unpaired) electrons. The number of piperidine rings is 1. The topological polar surface area (TPSA) is 21.7 Å². The lowest BCUT2D eigenvalue weighted by Gasteiger charge is -2.32. The maximum Gasteiger partial charge on any atom is 0.497 e. The third-order valence-corrected chi connectivity index (χ3v) is 5.74. The van der Waals surface area contributed by atoms with Crippen LogP contribution in [-0.2, 0) is 15.7 Å². The maximum absolute atomic E-state index is 6.38. The molecule has 0 amide bonds. The molecule has 4 heteroatoms. The van der Waals surface area contributed by atoms with Crippen LogP contribution in [0.4, 0.5) is 5.69 Å². The summed E-state index contributed by atoms with van der Waals surface area (Å²) in [6.07, 6.45) is 4.90. The molecule has 2 aliphatic heterocycles. The molecule has 0 aromatic heterocycles. The molecule has 2 heterocycles. The Balaban J connectivity index is 2.00. The second-order valence-electron chi connectivity index (χ2n) is 7.84. The first kappa shape index (κ1) is 16.8. The van der Waals surface area contributed by atoms with Crippen molar-refractivity contribution in [2.45, 2.75) is 71.5 Å². The van der Waals surface area contributed by atoms with Crippen molar-refractivity contribution in [3.8, 4) is 0 Å². The summed E-state index contributed by atoms with van der Waals surface area (Å²) in [6.45, 7) is 13.0. The average molecular weight is 315 g/mol. The van der Waals surface area contributed by atoms with Crippen LogP contribution < -0.4 is 10.4 Å². The van der Waals surface area contributed by atoms with E-state index in [1.807, 2.05) is 0 Å². The van der Waals surface area contributed by atoms with E-state index in [1.165, 1.54) is 36.0 Å². The first-order valence-corrected chi connectivity index (χ1v) is 9.08. The van der Waals surface area contributed by atoms with Crippen LogP contribution in [0.25, 0.3) is 0 Å². The molecule has 0 spiro atoms. The van der Waals surface area contributed by atoms with E-state index in [0.717, 1.165) is 19.5 Å². The molecule has 0 atom stereocenters. The van der Waals surface area contributed by atoms with Gasteiger partial charge in [-0.1, -0.05) is 19.1 Å². The van der Waals surface area contributed by atoms with Crippen LogP contribution in [0, 0.1) is 0 Å². The molecule has 1 aromatic rings. The average Bonchev–Trinajstić information content (AvgIpc) is 2.75. The Hall–Kier alpha value is -0.995. The molecule has 0 aliphatic carbocycles. The monoisotopic (exact) mass is 315 g/mol. The van der Waals surface area contributed by atoms with Gasteiger partial charge in [-0.05, 0) is 65.0 Å². The number of hydrogen-bond donors (Lipinski definition) is 0. The third kappa shape index (κ3) is 3.03. The molecule has 2 aliphatic rings. The Morgan fingerprint density at radius 2 is 1.61 bits per heavy atom. The SMILES string of the molecule is CCc1cccc(N2CCCCC2)c1B1OC(C)(C)C(C)(C)O1. The number of hydrogen-bond acceptors (Lipinski definition) is 3. The summed E-state index contributed by atoms with van der Waals surface area (Å²) in [6, 6.07) is 6.64. The fraction of sp³-hybridized carbons (Fsp3) is 0.684. The van der Waals surface area contributed by atoms with Gasteiger partial charge < -0.3 is 14.2 Å². The lowest BCUT2D eigenvalue weighted by atomic mass is 9.73. The van der Waals surface area contributed by atoms with E-state index < -0.39 is 0 Å². The van der Waals surface area contributed by atoms with Crippen LogP contribution >= 0.6 is 0 Å². The summed E-state index contributed by atoms with van der Waals surface area (Å²) >= 11 is 0. The predicted octanol–water partition coefficient (Wildman–Crippen LogP) is 3.54. The summed E-state index contributed by atoms with van der Waals surface area (Å²) < 4.78 is 12.8. The lowest BCUT2D eigenvalue weighted by Crippen LogP contribution is -2.43.